The lowest BCUT2D eigenvalue weighted by atomic mass is 10.2. The van der Waals surface area contributed by atoms with Crippen LogP contribution in [-0.4, -0.2) is 39.0 Å². The fourth-order valence-corrected chi connectivity index (χ4v) is 1.30. The molecular formula is C11H23NO2. The molecule has 0 atom stereocenters. The molecule has 0 amide bonds. The Hall–Kier alpha value is -0.120. The Morgan fingerprint density at radius 2 is 2.14 bits per heavy atom. The van der Waals surface area contributed by atoms with Crippen LogP contribution in [0.4, 0.5) is 0 Å². The average Bonchev–Trinajstić information content (AvgIpc) is 2.06. The van der Waals surface area contributed by atoms with E-state index in [0.29, 0.717) is 6.10 Å². The summed E-state index contributed by atoms with van der Waals surface area (Å²) < 4.78 is 10.6. The van der Waals surface area contributed by atoms with Gasteiger partial charge in [0.2, 0.25) is 0 Å². The van der Waals surface area contributed by atoms with Crippen LogP contribution in [0.15, 0.2) is 0 Å². The van der Waals surface area contributed by atoms with Crippen LogP contribution in [0, 0.1) is 5.92 Å². The minimum absolute atomic E-state index is 0.388. The molecule has 3 heteroatoms. The van der Waals surface area contributed by atoms with Crippen LogP contribution >= 0.6 is 0 Å². The Bertz CT molecular complexity index is 135. The zero-order valence-corrected chi connectivity index (χ0v) is 9.42. The minimum atomic E-state index is 0.388. The molecule has 0 spiro atoms. The Morgan fingerprint density at radius 1 is 1.36 bits per heavy atom. The normalized spacial score (nSPS) is 17.4. The van der Waals surface area contributed by atoms with Crippen LogP contribution in [0.5, 0.6) is 0 Å². The van der Waals surface area contributed by atoms with Gasteiger partial charge in [-0.2, -0.15) is 0 Å². The van der Waals surface area contributed by atoms with Crippen molar-refractivity contribution in [2.24, 2.45) is 5.92 Å². The first kappa shape index (κ1) is 12.0. The van der Waals surface area contributed by atoms with Crippen molar-refractivity contribution in [3.63, 3.8) is 0 Å². The van der Waals surface area contributed by atoms with Crippen molar-refractivity contribution >= 4 is 0 Å². The van der Waals surface area contributed by atoms with E-state index in [2.05, 4.69) is 19.2 Å². The van der Waals surface area contributed by atoms with Crippen molar-refractivity contribution in [3.05, 3.63) is 0 Å². The molecule has 0 aliphatic carbocycles. The third kappa shape index (κ3) is 5.58. The quantitative estimate of drug-likeness (QED) is 0.603. The van der Waals surface area contributed by atoms with Crippen LogP contribution in [0.25, 0.3) is 0 Å². The van der Waals surface area contributed by atoms with E-state index in [-0.39, 0.29) is 0 Å². The first-order chi connectivity index (χ1) is 6.79. The standard InChI is InChI=1S/C11H23NO2/c1-10(2)7-12-5-3-4-6-14-11-8-13-9-11/h10-12H,3-9H2,1-2H3. The number of unbranched alkanes of at least 4 members (excludes halogenated alkanes) is 1. The highest BCUT2D eigenvalue weighted by atomic mass is 16.6. The van der Waals surface area contributed by atoms with Gasteiger partial charge in [0.15, 0.2) is 0 Å². The van der Waals surface area contributed by atoms with Gasteiger partial charge in [-0.1, -0.05) is 13.8 Å². The molecule has 0 unspecified atom stereocenters. The summed E-state index contributed by atoms with van der Waals surface area (Å²) in [5, 5.41) is 3.42. The highest BCUT2D eigenvalue weighted by Gasteiger charge is 2.17. The summed E-state index contributed by atoms with van der Waals surface area (Å²) in [5.41, 5.74) is 0. The molecule has 14 heavy (non-hydrogen) atoms. The third-order valence-electron chi connectivity index (χ3n) is 2.26. The molecule has 3 nitrogen and oxygen atoms in total. The van der Waals surface area contributed by atoms with Crippen molar-refractivity contribution in [3.8, 4) is 0 Å². The molecule has 0 aromatic carbocycles. The molecule has 1 fully saturated rings. The molecule has 0 aromatic rings. The van der Waals surface area contributed by atoms with E-state index in [1.807, 2.05) is 0 Å². The third-order valence-corrected chi connectivity index (χ3v) is 2.26. The van der Waals surface area contributed by atoms with Gasteiger partial charge in [-0.05, 0) is 31.8 Å². The van der Waals surface area contributed by atoms with E-state index < -0.39 is 0 Å². The largest absolute Gasteiger partial charge is 0.376 e. The van der Waals surface area contributed by atoms with Gasteiger partial charge in [0, 0.05) is 6.61 Å². The first-order valence-corrected chi connectivity index (χ1v) is 5.69. The summed E-state index contributed by atoms with van der Waals surface area (Å²) >= 11 is 0. The van der Waals surface area contributed by atoms with Gasteiger partial charge >= 0.3 is 0 Å². The first-order valence-electron chi connectivity index (χ1n) is 5.69. The van der Waals surface area contributed by atoms with Crippen LogP contribution in [0.2, 0.25) is 0 Å². The van der Waals surface area contributed by atoms with Gasteiger partial charge < -0.3 is 14.8 Å². The van der Waals surface area contributed by atoms with E-state index in [4.69, 9.17) is 9.47 Å². The average molecular weight is 201 g/mol. The molecule has 1 saturated heterocycles. The zero-order chi connectivity index (χ0) is 10.2. The second kappa shape index (κ2) is 7.21. The molecule has 1 heterocycles. The molecule has 0 radical (unpaired) electrons. The lowest BCUT2D eigenvalue weighted by molar-refractivity contribution is -0.129. The van der Waals surface area contributed by atoms with Gasteiger partial charge in [-0.25, -0.2) is 0 Å². The molecule has 0 aromatic heterocycles. The summed E-state index contributed by atoms with van der Waals surface area (Å²) in [6, 6.07) is 0. The summed E-state index contributed by atoms with van der Waals surface area (Å²) in [5.74, 6) is 0.748. The van der Waals surface area contributed by atoms with Crippen LogP contribution < -0.4 is 5.32 Å². The topological polar surface area (TPSA) is 30.5 Å². The van der Waals surface area contributed by atoms with Crippen LogP contribution in [-0.2, 0) is 9.47 Å². The van der Waals surface area contributed by atoms with Gasteiger partial charge in [0.1, 0.15) is 6.10 Å². The van der Waals surface area contributed by atoms with E-state index in [0.717, 1.165) is 45.2 Å². The Morgan fingerprint density at radius 3 is 2.71 bits per heavy atom. The van der Waals surface area contributed by atoms with Crippen molar-refractivity contribution in [1.82, 2.24) is 5.32 Å². The second-order valence-corrected chi connectivity index (χ2v) is 4.34. The number of hydrogen-bond donors (Lipinski definition) is 1. The predicted octanol–water partition coefficient (Wildman–Crippen LogP) is 1.43. The van der Waals surface area contributed by atoms with E-state index in [1.54, 1.807) is 0 Å². The molecule has 1 rings (SSSR count). The second-order valence-electron chi connectivity index (χ2n) is 4.34. The number of rotatable bonds is 8. The number of ether oxygens (including phenoxy) is 2. The molecule has 0 saturated carbocycles. The monoisotopic (exact) mass is 201 g/mol. The van der Waals surface area contributed by atoms with Gasteiger partial charge in [-0.15, -0.1) is 0 Å². The molecular weight excluding hydrogens is 178 g/mol. The van der Waals surface area contributed by atoms with E-state index in [1.165, 1.54) is 6.42 Å². The van der Waals surface area contributed by atoms with Crippen molar-refractivity contribution in [2.75, 3.05) is 32.9 Å². The Balaban J connectivity index is 1.71. The molecule has 1 aliphatic heterocycles. The smallest absolute Gasteiger partial charge is 0.104 e. The van der Waals surface area contributed by atoms with Gasteiger partial charge in [0.25, 0.3) is 0 Å². The van der Waals surface area contributed by atoms with Crippen LogP contribution in [0.3, 0.4) is 0 Å². The molecule has 1 aliphatic rings. The SMILES string of the molecule is CC(C)CNCCCCOC1COC1. The Kier molecular flexibility index (Phi) is 6.15. The lowest BCUT2D eigenvalue weighted by Gasteiger charge is -2.25. The summed E-state index contributed by atoms with van der Waals surface area (Å²) in [6.45, 7) is 9.17. The summed E-state index contributed by atoms with van der Waals surface area (Å²) in [6.07, 6.45) is 2.75. The fraction of sp³-hybridized carbons (Fsp3) is 1.00. The van der Waals surface area contributed by atoms with E-state index >= 15 is 0 Å². The zero-order valence-electron chi connectivity index (χ0n) is 9.42. The summed E-state index contributed by atoms with van der Waals surface area (Å²) in [7, 11) is 0. The molecule has 84 valence electrons. The van der Waals surface area contributed by atoms with Gasteiger partial charge in [-0.3, -0.25) is 0 Å². The maximum Gasteiger partial charge on any atom is 0.104 e. The van der Waals surface area contributed by atoms with Crippen molar-refractivity contribution in [1.29, 1.82) is 0 Å². The molecule has 0 bridgehead atoms. The highest BCUT2D eigenvalue weighted by molar-refractivity contribution is 4.63. The Labute approximate surface area is 87.2 Å². The van der Waals surface area contributed by atoms with E-state index in [9.17, 15) is 0 Å². The van der Waals surface area contributed by atoms with Crippen molar-refractivity contribution in [2.45, 2.75) is 32.8 Å². The maximum atomic E-state index is 5.55. The fourth-order valence-electron chi connectivity index (χ4n) is 1.30. The summed E-state index contributed by atoms with van der Waals surface area (Å²) in [4.78, 5) is 0. The van der Waals surface area contributed by atoms with Crippen LogP contribution in [0.1, 0.15) is 26.7 Å². The van der Waals surface area contributed by atoms with Crippen molar-refractivity contribution < 1.29 is 9.47 Å². The predicted molar refractivity (Wildman–Crippen MR) is 57.5 cm³/mol. The minimum Gasteiger partial charge on any atom is -0.376 e. The van der Waals surface area contributed by atoms with Gasteiger partial charge in [0.05, 0.1) is 13.2 Å². The molecule has 1 N–H and O–H groups in total. The number of nitrogens with one attached hydrogen (secondary N) is 1. The maximum absolute atomic E-state index is 5.55. The highest BCUT2D eigenvalue weighted by Crippen LogP contribution is 2.05. The lowest BCUT2D eigenvalue weighted by Crippen LogP contribution is -2.36. The number of hydrogen-bond acceptors (Lipinski definition) is 3.